The number of hydrogen-bond donors (Lipinski definition) is 1. The minimum atomic E-state index is 0.744. The van der Waals surface area contributed by atoms with Gasteiger partial charge in [0, 0.05) is 6.54 Å². The number of allylic oxidation sites excluding steroid dienone is 3. The van der Waals surface area contributed by atoms with Crippen molar-refractivity contribution in [2.45, 2.75) is 33.1 Å². The van der Waals surface area contributed by atoms with Gasteiger partial charge in [-0.15, -0.1) is 13.2 Å². The van der Waals surface area contributed by atoms with Crippen LogP contribution in [0.4, 0.5) is 0 Å². The standard InChI is InChI=1S/C8H15N.C7H12O/c1-3-5-6-7-8-9-4-2;1-3-5-7-8-6-4-2/h3,7-9H,1,4-6H2,2H3;3-4,6H,1,5,7H2,2H3/b8-7+;6-4+. The zero-order valence-corrected chi connectivity index (χ0v) is 11.3. The van der Waals surface area contributed by atoms with Crippen LogP contribution in [0, 0.1) is 0 Å². The van der Waals surface area contributed by atoms with E-state index in [1.165, 1.54) is 0 Å². The van der Waals surface area contributed by atoms with Gasteiger partial charge in [-0.1, -0.05) is 24.3 Å². The van der Waals surface area contributed by atoms with E-state index in [1.54, 1.807) is 6.26 Å². The molecule has 0 saturated carbocycles. The highest BCUT2D eigenvalue weighted by atomic mass is 16.5. The van der Waals surface area contributed by atoms with E-state index in [2.05, 4.69) is 31.5 Å². The Morgan fingerprint density at radius 1 is 1.12 bits per heavy atom. The average molecular weight is 237 g/mol. The summed E-state index contributed by atoms with van der Waals surface area (Å²) in [5, 5.41) is 3.09. The third kappa shape index (κ3) is 25.1. The van der Waals surface area contributed by atoms with Crippen LogP contribution in [-0.4, -0.2) is 13.2 Å². The van der Waals surface area contributed by atoms with Crippen molar-refractivity contribution in [2.24, 2.45) is 0 Å². The Hall–Kier alpha value is -1.44. The van der Waals surface area contributed by atoms with Gasteiger partial charge in [-0.05, 0) is 39.3 Å². The summed E-state index contributed by atoms with van der Waals surface area (Å²) in [6.45, 7) is 12.9. The molecule has 0 bridgehead atoms. The van der Waals surface area contributed by atoms with E-state index >= 15 is 0 Å². The largest absolute Gasteiger partial charge is 0.501 e. The molecule has 0 fully saturated rings. The summed E-state index contributed by atoms with van der Waals surface area (Å²) in [6.07, 6.45) is 14.5. The van der Waals surface area contributed by atoms with Gasteiger partial charge in [-0.2, -0.15) is 0 Å². The molecule has 1 N–H and O–H groups in total. The van der Waals surface area contributed by atoms with Crippen molar-refractivity contribution in [1.82, 2.24) is 5.32 Å². The molecule has 0 spiro atoms. The average Bonchev–Trinajstić information content (AvgIpc) is 2.36. The summed E-state index contributed by atoms with van der Waals surface area (Å²) in [5.41, 5.74) is 0. The van der Waals surface area contributed by atoms with Crippen LogP contribution in [0.3, 0.4) is 0 Å². The maximum atomic E-state index is 4.97. The lowest BCUT2D eigenvalue weighted by atomic mass is 10.3. The van der Waals surface area contributed by atoms with Gasteiger partial charge in [0.1, 0.15) is 0 Å². The van der Waals surface area contributed by atoms with Crippen LogP contribution < -0.4 is 5.32 Å². The van der Waals surface area contributed by atoms with Crippen LogP contribution in [0.15, 0.2) is 49.9 Å². The molecule has 0 aromatic rings. The van der Waals surface area contributed by atoms with E-state index in [1.807, 2.05) is 31.4 Å². The van der Waals surface area contributed by atoms with Gasteiger partial charge in [-0.25, -0.2) is 0 Å². The number of unbranched alkanes of at least 4 members (excludes halogenated alkanes) is 1. The molecule has 2 nitrogen and oxygen atoms in total. The van der Waals surface area contributed by atoms with Gasteiger partial charge < -0.3 is 10.1 Å². The molecule has 0 atom stereocenters. The molecule has 0 saturated heterocycles. The van der Waals surface area contributed by atoms with Crippen molar-refractivity contribution < 1.29 is 4.74 Å². The highest BCUT2D eigenvalue weighted by Gasteiger charge is 1.73. The van der Waals surface area contributed by atoms with Crippen LogP contribution in [0.1, 0.15) is 33.1 Å². The lowest BCUT2D eigenvalue weighted by Crippen LogP contribution is -2.00. The van der Waals surface area contributed by atoms with Gasteiger partial charge >= 0.3 is 0 Å². The van der Waals surface area contributed by atoms with Crippen LogP contribution in [0.2, 0.25) is 0 Å². The van der Waals surface area contributed by atoms with Gasteiger partial charge in [0.2, 0.25) is 0 Å². The Labute approximate surface area is 107 Å². The van der Waals surface area contributed by atoms with Crippen molar-refractivity contribution in [3.05, 3.63) is 49.9 Å². The number of hydrogen-bond acceptors (Lipinski definition) is 2. The highest BCUT2D eigenvalue weighted by molar-refractivity contribution is 4.82. The van der Waals surface area contributed by atoms with E-state index in [4.69, 9.17) is 4.74 Å². The lowest BCUT2D eigenvalue weighted by Gasteiger charge is -1.92. The maximum Gasteiger partial charge on any atom is 0.0907 e. The van der Waals surface area contributed by atoms with E-state index < -0.39 is 0 Å². The Morgan fingerprint density at radius 2 is 1.82 bits per heavy atom. The molecular weight excluding hydrogens is 210 g/mol. The minimum Gasteiger partial charge on any atom is -0.501 e. The zero-order valence-electron chi connectivity index (χ0n) is 11.3. The second-order valence-corrected chi connectivity index (χ2v) is 3.24. The SMILES string of the molecule is C=CCC/C=C/NCC.C=CCCO/C=C/C. The maximum absolute atomic E-state index is 4.97. The third-order valence-electron chi connectivity index (χ3n) is 1.65. The molecule has 2 heteroatoms. The van der Waals surface area contributed by atoms with Crippen molar-refractivity contribution >= 4 is 0 Å². The molecule has 0 amide bonds. The van der Waals surface area contributed by atoms with Crippen LogP contribution in [0.5, 0.6) is 0 Å². The molecule has 0 aromatic heterocycles. The first kappa shape index (κ1) is 17.9. The van der Waals surface area contributed by atoms with E-state index in [0.717, 1.165) is 32.4 Å². The predicted molar refractivity (Wildman–Crippen MR) is 77.8 cm³/mol. The van der Waals surface area contributed by atoms with Crippen LogP contribution in [-0.2, 0) is 4.74 Å². The minimum absolute atomic E-state index is 0.744. The molecule has 0 aliphatic heterocycles. The smallest absolute Gasteiger partial charge is 0.0907 e. The first-order valence-electron chi connectivity index (χ1n) is 6.16. The first-order chi connectivity index (χ1) is 8.33. The van der Waals surface area contributed by atoms with Crippen molar-refractivity contribution in [3.63, 3.8) is 0 Å². The van der Waals surface area contributed by atoms with Crippen LogP contribution in [0.25, 0.3) is 0 Å². The van der Waals surface area contributed by atoms with Gasteiger partial charge in [0.25, 0.3) is 0 Å². The fourth-order valence-corrected chi connectivity index (χ4v) is 0.814. The predicted octanol–water partition coefficient (Wildman–Crippen LogP) is 4.19. The van der Waals surface area contributed by atoms with E-state index in [-0.39, 0.29) is 0 Å². The molecule has 0 aromatic carbocycles. The number of nitrogens with one attached hydrogen (secondary N) is 1. The molecule has 17 heavy (non-hydrogen) atoms. The Morgan fingerprint density at radius 3 is 2.35 bits per heavy atom. The van der Waals surface area contributed by atoms with Crippen LogP contribution >= 0.6 is 0 Å². The Kier molecular flexibility index (Phi) is 21.1. The number of rotatable bonds is 9. The Balaban J connectivity index is 0. The summed E-state index contributed by atoms with van der Waals surface area (Å²) in [7, 11) is 0. The summed E-state index contributed by atoms with van der Waals surface area (Å²) in [4.78, 5) is 0. The normalized spacial score (nSPS) is 9.76. The number of ether oxygens (including phenoxy) is 1. The van der Waals surface area contributed by atoms with E-state index in [0.29, 0.717) is 0 Å². The molecule has 0 aliphatic rings. The topological polar surface area (TPSA) is 21.3 Å². The molecule has 0 unspecified atom stereocenters. The van der Waals surface area contributed by atoms with Gasteiger partial charge in [-0.3, -0.25) is 0 Å². The van der Waals surface area contributed by atoms with Gasteiger partial charge in [0.05, 0.1) is 12.9 Å². The van der Waals surface area contributed by atoms with Crippen molar-refractivity contribution in [1.29, 1.82) is 0 Å². The molecular formula is C15H27NO. The molecule has 0 rings (SSSR count). The van der Waals surface area contributed by atoms with E-state index in [9.17, 15) is 0 Å². The first-order valence-corrected chi connectivity index (χ1v) is 6.16. The molecule has 0 aliphatic carbocycles. The fraction of sp³-hybridized carbons (Fsp3) is 0.467. The summed E-state index contributed by atoms with van der Waals surface area (Å²) in [5.74, 6) is 0. The van der Waals surface area contributed by atoms with Crippen molar-refractivity contribution in [2.75, 3.05) is 13.2 Å². The molecule has 0 heterocycles. The molecule has 98 valence electrons. The summed E-state index contributed by atoms with van der Waals surface area (Å²) < 4.78 is 4.97. The second kappa shape index (κ2) is 20.0. The van der Waals surface area contributed by atoms with Gasteiger partial charge in [0.15, 0.2) is 0 Å². The summed E-state index contributed by atoms with van der Waals surface area (Å²) in [6, 6.07) is 0. The second-order valence-electron chi connectivity index (χ2n) is 3.24. The summed E-state index contributed by atoms with van der Waals surface area (Å²) >= 11 is 0. The quantitative estimate of drug-likeness (QED) is 0.369. The third-order valence-corrected chi connectivity index (χ3v) is 1.65. The fourth-order valence-electron chi connectivity index (χ4n) is 0.814. The Bertz CT molecular complexity index is 207. The monoisotopic (exact) mass is 237 g/mol. The zero-order chi connectivity index (χ0) is 13.2. The van der Waals surface area contributed by atoms with Crippen molar-refractivity contribution in [3.8, 4) is 0 Å². The molecule has 0 radical (unpaired) electrons. The lowest BCUT2D eigenvalue weighted by molar-refractivity contribution is 0.256. The highest BCUT2D eigenvalue weighted by Crippen LogP contribution is 1.88.